The van der Waals surface area contributed by atoms with E-state index in [-0.39, 0.29) is 16.9 Å². The Kier molecular flexibility index (Phi) is 4.67. The number of hydrogen-bond donors (Lipinski definition) is 1. The lowest BCUT2D eigenvalue weighted by atomic mass is 9.78. The molecule has 0 amide bonds. The lowest BCUT2D eigenvalue weighted by molar-refractivity contribution is 0.133. The van der Waals surface area contributed by atoms with Crippen LogP contribution in [0.4, 0.5) is 5.95 Å². The van der Waals surface area contributed by atoms with E-state index >= 15 is 0 Å². The normalized spacial score (nSPS) is 18.4. The van der Waals surface area contributed by atoms with Crippen molar-refractivity contribution in [1.82, 2.24) is 24.7 Å². The zero-order chi connectivity index (χ0) is 20.9. The number of aromatic amines is 1. The first kappa shape index (κ1) is 19.3. The van der Waals surface area contributed by atoms with Crippen LogP contribution >= 0.6 is 11.6 Å². The van der Waals surface area contributed by atoms with Crippen molar-refractivity contribution in [2.75, 3.05) is 38.3 Å². The molecule has 0 atom stereocenters. The Balaban J connectivity index is 1.54. The zero-order valence-corrected chi connectivity index (χ0v) is 17.7. The fourth-order valence-electron chi connectivity index (χ4n) is 4.51. The van der Waals surface area contributed by atoms with Crippen molar-refractivity contribution in [1.29, 1.82) is 0 Å². The van der Waals surface area contributed by atoms with Gasteiger partial charge in [0, 0.05) is 38.5 Å². The lowest BCUT2D eigenvalue weighted by Gasteiger charge is -2.39. The van der Waals surface area contributed by atoms with Gasteiger partial charge in [-0.2, -0.15) is 10.1 Å². The monoisotopic (exact) mass is 430 g/mol. The predicted octanol–water partition coefficient (Wildman–Crippen LogP) is 2.39. The van der Waals surface area contributed by atoms with Crippen LogP contribution in [0.2, 0.25) is 5.02 Å². The summed E-state index contributed by atoms with van der Waals surface area (Å²) < 4.78 is 12.4. The van der Waals surface area contributed by atoms with Gasteiger partial charge in [0.05, 0.1) is 19.4 Å². The molecule has 1 spiro atoms. The first-order valence-corrected chi connectivity index (χ1v) is 10.4. The number of H-pyrrole nitrogens is 1. The second-order valence-electron chi connectivity index (χ2n) is 8.04. The minimum atomic E-state index is -0.171. The van der Waals surface area contributed by atoms with Gasteiger partial charge < -0.3 is 14.4 Å². The third-order valence-corrected chi connectivity index (χ3v) is 6.75. The summed E-state index contributed by atoms with van der Waals surface area (Å²) in [4.78, 5) is 24.3. The molecule has 0 aromatic carbocycles. The van der Waals surface area contributed by atoms with Crippen LogP contribution in [-0.2, 0) is 11.8 Å². The van der Waals surface area contributed by atoms with Crippen molar-refractivity contribution in [2.24, 2.45) is 12.5 Å². The van der Waals surface area contributed by atoms with Crippen LogP contribution in [0.25, 0.3) is 22.3 Å². The number of anilines is 1. The summed E-state index contributed by atoms with van der Waals surface area (Å²) >= 11 is 6.42. The maximum absolute atomic E-state index is 13.3. The van der Waals surface area contributed by atoms with Crippen LogP contribution in [0.15, 0.2) is 17.1 Å². The van der Waals surface area contributed by atoms with Gasteiger partial charge in [0.2, 0.25) is 11.8 Å². The molecule has 1 N–H and O–H groups in total. The molecule has 9 nitrogen and oxygen atoms in total. The minimum Gasteiger partial charge on any atom is -0.480 e. The van der Waals surface area contributed by atoms with E-state index in [9.17, 15) is 4.79 Å². The molecule has 158 valence electrons. The Hall–Kier alpha value is -2.65. The molecule has 2 fully saturated rings. The van der Waals surface area contributed by atoms with Gasteiger partial charge in [-0.3, -0.25) is 14.5 Å². The van der Waals surface area contributed by atoms with Crippen LogP contribution in [0, 0.1) is 5.41 Å². The van der Waals surface area contributed by atoms with E-state index in [0.29, 0.717) is 33.3 Å². The average Bonchev–Trinajstić information content (AvgIpc) is 3.39. The fourth-order valence-corrected chi connectivity index (χ4v) is 4.79. The van der Waals surface area contributed by atoms with E-state index in [0.717, 1.165) is 45.6 Å². The first-order chi connectivity index (χ1) is 14.5. The third kappa shape index (κ3) is 2.95. The summed E-state index contributed by atoms with van der Waals surface area (Å²) in [5, 5.41) is 7.95. The summed E-state index contributed by atoms with van der Waals surface area (Å²) in [7, 11) is 3.25. The molecular formula is C20H23ClN6O3. The molecule has 5 heterocycles. The van der Waals surface area contributed by atoms with Gasteiger partial charge in [-0.15, -0.1) is 0 Å². The Morgan fingerprint density at radius 1 is 1.30 bits per heavy atom. The number of rotatable bonds is 3. The van der Waals surface area contributed by atoms with Crippen molar-refractivity contribution in [3.63, 3.8) is 0 Å². The predicted molar refractivity (Wildman–Crippen MR) is 113 cm³/mol. The highest BCUT2D eigenvalue weighted by atomic mass is 35.5. The van der Waals surface area contributed by atoms with E-state index in [1.54, 1.807) is 23.9 Å². The van der Waals surface area contributed by atoms with Gasteiger partial charge >= 0.3 is 0 Å². The zero-order valence-electron chi connectivity index (χ0n) is 16.9. The molecule has 0 bridgehead atoms. The molecule has 3 aromatic heterocycles. The maximum atomic E-state index is 13.3. The number of methoxy groups -OCH3 is 1. The van der Waals surface area contributed by atoms with Gasteiger partial charge in [0.25, 0.3) is 5.56 Å². The van der Waals surface area contributed by atoms with Gasteiger partial charge in [-0.1, -0.05) is 11.6 Å². The molecule has 2 saturated heterocycles. The number of fused-ring (bicyclic) bond motifs is 1. The van der Waals surface area contributed by atoms with E-state index in [1.807, 2.05) is 0 Å². The number of nitrogens with zero attached hydrogens (tertiary/aromatic N) is 5. The van der Waals surface area contributed by atoms with Crippen molar-refractivity contribution in [3.05, 3.63) is 27.6 Å². The highest BCUT2D eigenvalue weighted by molar-refractivity contribution is 6.34. The van der Waals surface area contributed by atoms with Crippen molar-refractivity contribution < 1.29 is 9.47 Å². The molecule has 5 rings (SSSR count). The number of pyridine rings is 1. The molecule has 30 heavy (non-hydrogen) atoms. The van der Waals surface area contributed by atoms with Crippen LogP contribution in [0.3, 0.4) is 0 Å². The van der Waals surface area contributed by atoms with Gasteiger partial charge in [0.1, 0.15) is 10.4 Å². The van der Waals surface area contributed by atoms with E-state index in [1.165, 1.54) is 7.11 Å². The highest BCUT2D eigenvalue weighted by Gasteiger charge is 2.38. The quantitative estimate of drug-likeness (QED) is 0.681. The van der Waals surface area contributed by atoms with E-state index in [2.05, 4.69) is 20.1 Å². The Labute approximate surface area is 178 Å². The molecule has 0 unspecified atom stereocenters. The third-order valence-electron chi connectivity index (χ3n) is 6.38. The van der Waals surface area contributed by atoms with Crippen LogP contribution in [-0.4, -0.2) is 58.1 Å². The molecule has 2 aliphatic heterocycles. The smallest absolute Gasteiger partial charge is 0.266 e. The van der Waals surface area contributed by atoms with Gasteiger partial charge in [-0.25, -0.2) is 4.98 Å². The number of aromatic nitrogens is 5. The molecule has 3 aromatic rings. The standard InChI is InChI=1S/C20H23ClN6O3/c1-26-18(28)13-15(12-3-7-22-17(29-2)14(12)21)24-25-16(13)23-19(26)27-8-4-20(5-9-27)6-10-30-11-20/h3,7H,4-6,8-11H2,1-2H3,(H,24,25). The van der Waals surface area contributed by atoms with Crippen molar-refractivity contribution in [2.45, 2.75) is 19.3 Å². The first-order valence-electron chi connectivity index (χ1n) is 10.00. The van der Waals surface area contributed by atoms with Crippen molar-refractivity contribution >= 4 is 28.6 Å². The lowest BCUT2D eigenvalue weighted by Crippen LogP contribution is -2.43. The summed E-state index contributed by atoms with van der Waals surface area (Å²) in [6.45, 7) is 3.38. The minimum absolute atomic E-state index is 0.171. The Morgan fingerprint density at radius 3 is 2.80 bits per heavy atom. The molecule has 0 aliphatic carbocycles. The van der Waals surface area contributed by atoms with Crippen LogP contribution in [0.1, 0.15) is 19.3 Å². The second kappa shape index (κ2) is 7.24. The van der Waals surface area contributed by atoms with Gasteiger partial charge in [-0.05, 0) is 30.7 Å². The van der Waals surface area contributed by atoms with Gasteiger partial charge in [0.15, 0.2) is 5.65 Å². The van der Waals surface area contributed by atoms with Crippen LogP contribution in [0.5, 0.6) is 5.88 Å². The topological polar surface area (TPSA) is 98.2 Å². The molecule has 10 heteroatoms. The molecule has 0 saturated carbocycles. The number of nitrogens with one attached hydrogen (secondary N) is 1. The maximum Gasteiger partial charge on any atom is 0.266 e. The number of hydrogen-bond acceptors (Lipinski definition) is 7. The second-order valence-corrected chi connectivity index (χ2v) is 8.42. The number of ether oxygens (including phenoxy) is 2. The number of piperidine rings is 1. The van der Waals surface area contributed by atoms with E-state index < -0.39 is 0 Å². The van der Waals surface area contributed by atoms with Crippen LogP contribution < -0.4 is 15.2 Å². The number of halogens is 1. The SMILES string of the molecule is COc1nccc(-c2[nH]nc3nc(N4CCC5(CCOC5)CC4)n(C)c(=O)c23)c1Cl. The van der Waals surface area contributed by atoms with Crippen molar-refractivity contribution in [3.8, 4) is 17.1 Å². The molecule has 2 aliphatic rings. The molecular weight excluding hydrogens is 408 g/mol. The average molecular weight is 431 g/mol. The summed E-state index contributed by atoms with van der Waals surface area (Å²) in [5.74, 6) is 0.925. The largest absolute Gasteiger partial charge is 0.480 e. The molecule has 0 radical (unpaired) electrons. The highest BCUT2D eigenvalue weighted by Crippen LogP contribution is 2.40. The summed E-state index contributed by atoms with van der Waals surface area (Å²) in [5.41, 5.74) is 1.60. The summed E-state index contributed by atoms with van der Waals surface area (Å²) in [6.07, 6.45) is 4.78. The fraction of sp³-hybridized carbons (Fsp3) is 0.500. The Bertz CT molecular complexity index is 1160. The Morgan fingerprint density at radius 2 is 2.10 bits per heavy atom. The van der Waals surface area contributed by atoms with E-state index in [4.69, 9.17) is 26.1 Å². The summed E-state index contributed by atoms with van der Waals surface area (Å²) in [6, 6.07) is 1.72.